The Hall–Kier alpha value is -1.40. The Bertz CT molecular complexity index is 471. The first kappa shape index (κ1) is 13.7. The lowest BCUT2D eigenvalue weighted by molar-refractivity contribution is -0.119. The van der Waals surface area contributed by atoms with Crippen molar-refractivity contribution in [2.75, 3.05) is 0 Å². The van der Waals surface area contributed by atoms with Crippen molar-refractivity contribution in [3.63, 3.8) is 0 Å². The molecular weight excluding hydrogens is 240 g/mol. The van der Waals surface area contributed by atoms with Crippen molar-refractivity contribution >= 4 is 15.9 Å². The molecule has 0 aromatic heterocycles. The molecule has 0 radical (unpaired) electrons. The van der Waals surface area contributed by atoms with Crippen molar-refractivity contribution in [3.05, 3.63) is 30.3 Å². The van der Waals surface area contributed by atoms with Crippen LogP contribution in [0.3, 0.4) is 0 Å². The number of amides is 1. The minimum Gasteiger partial charge on any atom is -0.368 e. The number of hydrogen-bond acceptors (Lipinski definition) is 3. The number of benzene rings is 1. The van der Waals surface area contributed by atoms with Gasteiger partial charge in [0.1, 0.15) is 6.04 Å². The predicted molar refractivity (Wildman–Crippen MR) is 64.7 cm³/mol. The number of sulfonamides is 1. The Labute approximate surface area is 101 Å². The minimum absolute atomic E-state index is 0.127. The van der Waals surface area contributed by atoms with E-state index in [0.717, 1.165) is 0 Å². The van der Waals surface area contributed by atoms with E-state index < -0.39 is 22.0 Å². The number of carbonyl (C=O) groups is 1. The molecule has 0 saturated carbocycles. The number of primary amides is 1. The van der Waals surface area contributed by atoms with Gasteiger partial charge in [0.15, 0.2) is 0 Å². The van der Waals surface area contributed by atoms with Gasteiger partial charge in [-0.05, 0) is 18.6 Å². The normalized spacial score (nSPS) is 13.2. The summed E-state index contributed by atoms with van der Waals surface area (Å²) in [4.78, 5) is 11.2. The standard InChI is InChI=1S/C11H16N2O3S/c1-2-6-10(11(12)14)13-17(15,16)9-7-4-3-5-8-9/h3-5,7-8,10,13H,2,6H2,1H3,(H2,12,14). The van der Waals surface area contributed by atoms with Gasteiger partial charge in [-0.15, -0.1) is 0 Å². The first-order chi connectivity index (χ1) is 7.97. The average molecular weight is 256 g/mol. The van der Waals surface area contributed by atoms with E-state index in [1.165, 1.54) is 12.1 Å². The molecule has 0 aliphatic rings. The highest BCUT2D eigenvalue weighted by molar-refractivity contribution is 7.89. The van der Waals surface area contributed by atoms with Crippen LogP contribution in [0.4, 0.5) is 0 Å². The first-order valence-corrected chi connectivity index (χ1v) is 6.82. The zero-order chi connectivity index (χ0) is 12.9. The van der Waals surface area contributed by atoms with Crippen LogP contribution in [0.1, 0.15) is 19.8 Å². The van der Waals surface area contributed by atoms with Gasteiger partial charge < -0.3 is 5.73 Å². The third-order valence-electron chi connectivity index (χ3n) is 2.27. The van der Waals surface area contributed by atoms with Crippen LogP contribution in [0, 0.1) is 0 Å². The number of hydrogen-bond donors (Lipinski definition) is 2. The molecule has 3 N–H and O–H groups in total. The number of nitrogens with one attached hydrogen (secondary N) is 1. The van der Waals surface area contributed by atoms with Gasteiger partial charge in [0.2, 0.25) is 15.9 Å². The van der Waals surface area contributed by atoms with E-state index in [2.05, 4.69) is 4.72 Å². The predicted octanol–water partition coefficient (Wildman–Crippen LogP) is 0.619. The molecule has 0 bridgehead atoms. The van der Waals surface area contributed by atoms with Crippen molar-refractivity contribution in [2.24, 2.45) is 5.73 Å². The SMILES string of the molecule is CCCC(NS(=O)(=O)c1ccccc1)C(N)=O. The van der Waals surface area contributed by atoms with Gasteiger partial charge >= 0.3 is 0 Å². The second-order valence-electron chi connectivity index (χ2n) is 3.68. The van der Waals surface area contributed by atoms with Gasteiger partial charge in [0, 0.05) is 0 Å². The maximum Gasteiger partial charge on any atom is 0.241 e. The second kappa shape index (κ2) is 5.79. The van der Waals surface area contributed by atoms with Crippen molar-refractivity contribution in [2.45, 2.75) is 30.7 Å². The van der Waals surface area contributed by atoms with Crippen LogP contribution in [-0.4, -0.2) is 20.4 Å². The third kappa shape index (κ3) is 3.83. The Morgan fingerprint density at radius 1 is 1.35 bits per heavy atom. The van der Waals surface area contributed by atoms with E-state index >= 15 is 0 Å². The molecule has 6 heteroatoms. The summed E-state index contributed by atoms with van der Waals surface area (Å²) in [5.74, 6) is -0.661. The quantitative estimate of drug-likeness (QED) is 0.781. The van der Waals surface area contributed by atoms with E-state index in [9.17, 15) is 13.2 Å². The first-order valence-electron chi connectivity index (χ1n) is 5.34. The number of carbonyl (C=O) groups excluding carboxylic acids is 1. The molecular formula is C11H16N2O3S. The van der Waals surface area contributed by atoms with Crippen molar-refractivity contribution in [3.8, 4) is 0 Å². The van der Waals surface area contributed by atoms with Crippen LogP contribution in [0.2, 0.25) is 0 Å². The lowest BCUT2D eigenvalue weighted by Crippen LogP contribution is -2.44. The molecule has 5 nitrogen and oxygen atoms in total. The molecule has 1 atom stereocenters. The fourth-order valence-electron chi connectivity index (χ4n) is 1.40. The van der Waals surface area contributed by atoms with Crippen LogP contribution >= 0.6 is 0 Å². The van der Waals surface area contributed by atoms with Crippen LogP contribution in [0.15, 0.2) is 35.2 Å². The summed E-state index contributed by atoms with van der Waals surface area (Å²) in [6.07, 6.45) is 1.06. The van der Waals surface area contributed by atoms with Gasteiger partial charge in [-0.3, -0.25) is 4.79 Å². The molecule has 0 spiro atoms. The molecule has 0 aliphatic heterocycles. The zero-order valence-corrected chi connectivity index (χ0v) is 10.4. The van der Waals surface area contributed by atoms with Gasteiger partial charge in [-0.1, -0.05) is 31.5 Å². The van der Waals surface area contributed by atoms with Gasteiger partial charge in [-0.2, -0.15) is 4.72 Å². The monoisotopic (exact) mass is 256 g/mol. The minimum atomic E-state index is -3.68. The second-order valence-corrected chi connectivity index (χ2v) is 5.39. The molecule has 0 heterocycles. The maximum absolute atomic E-state index is 11.9. The van der Waals surface area contributed by atoms with Gasteiger partial charge in [0.05, 0.1) is 4.90 Å². The maximum atomic E-state index is 11.9. The van der Waals surface area contributed by atoms with E-state index in [4.69, 9.17) is 5.73 Å². The molecule has 17 heavy (non-hydrogen) atoms. The summed E-state index contributed by atoms with van der Waals surface area (Å²) in [5.41, 5.74) is 5.14. The zero-order valence-electron chi connectivity index (χ0n) is 9.59. The summed E-state index contributed by atoms with van der Waals surface area (Å²) in [7, 11) is -3.68. The fraction of sp³-hybridized carbons (Fsp3) is 0.364. The number of rotatable bonds is 6. The van der Waals surface area contributed by atoms with Crippen LogP contribution < -0.4 is 10.5 Å². The Kier molecular flexibility index (Phi) is 4.65. The van der Waals surface area contributed by atoms with Crippen molar-refractivity contribution in [1.29, 1.82) is 0 Å². The summed E-state index contributed by atoms with van der Waals surface area (Å²) in [6, 6.07) is 7.03. The summed E-state index contributed by atoms with van der Waals surface area (Å²) in [6.45, 7) is 1.85. The highest BCUT2D eigenvalue weighted by atomic mass is 32.2. The fourth-order valence-corrected chi connectivity index (χ4v) is 2.66. The molecule has 0 saturated heterocycles. The Morgan fingerprint density at radius 2 is 1.94 bits per heavy atom. The van der Waals surface area contributed by atoms with E-state index in [1.54, 1.807) is 18.2 Å². The van der Waals surface area contributed by atoms with Crippen molar-refractivity contribution in [1.82, 2.24) is 4.72 Å². The number of nitrogens with two attached hydrogens (primary N) is 1. The van der Waals surface area contributed by atoms with E-state index in [-0.39, 0.29) is 4.90 Å². The van der Waals surface area contributed by atoms with Crippen LogP contribution in [0.25, 0.3) is 0 Å². The van der Waals surface area contributed by atoms with Gasteiger partial charge in [0.25, 0.3) is 0 Å². The third-order valence-corrected chi connectivity index (χ3v) is 3.76. The molecule has 1 amide bonds. The summed E-state index contributed by atoms with van der Waals surface area (Å²) in [5, 5.41) is 0. The van der Waals surface area contributed by atoms with E-state index in [1.807, 2.05) is 6.92 Å². The molecule has 1 aromatic rings. The molecule has 1 aromatic carbocycles. The molecule has 94 valence electrons. The smallest absolute Gasteiger partial charge is 0.241 e. The molecule has 1 rings (SSSR count). The Morgan fingerprint density at radius 3 is 2.41 bits per heavy atom. The molecule has 0 aliphatic carbocycles. The molecule has 0 fully saturated rings. The summed E-state index contributed by atoms with van der Waals surface area (Å²) >= 11 is 0. The Balaban J connectivity index is 2.89. The largest absolute Gasteiger partial charge is 0.368 e. The topological polar surface area (TPSA) is 89.3 Å². The van der Waals surface area contributed by atoms with E-state index in [0.29, 0.717) is 12.8 Å². The van der Waals surface area contributed by atoms with Crippen LogP contribution in [-0.2, 0) is 14.8 Å². The lowest BCUT2D eigenvalue weighted by Gasteiger charge is -2.14. The highest BCUT2D eigenvalue weighted by Gasteiger charge is 2.22. The van der Waals surface area contributed by atoms with Gasteiger partial charge in [-0.25, -0.2) is 8.42 Å². The van der Waals surface area contributed by atoms with Crippen molar-refractivity contribution < 1.29 is 13.2 Å². The molecule has 1 unspecified atom stereocenters. The van der Waals surface area contributed by atoms with Crippen LogP contribution in [0.5, 0.6) is 0 Å². The highest BCUT2D eigenvalue weighted by Crippen LogP contribution is 2.09. The summed E-state index contributed by atoms with van der Waals surface area (Å²) < 4.78 is 26.1. The average Bonchev–Trinajstić information content (AvgIpc) is 2.29. The lowest BCUT2D eigenvalue weighted by atomic mass is 10.2.